The van der Waals surface area contributed by atoms with Gasteiger partial charge in [-0.15, -0.1) is 0 Å². The van der Waals surface area contributed by atoms with Crippen LogP contribution in [0.1, 0.15) is 80.9 Å². The van der Waals surface area contributed by atoms with Gasteiger partial charge in [0.1, 0.15) is 5.76 Å². The summed E-state index contributed by atoms with van der Waals surface area (Å²) in [5, 5.41) is 0. The molecule has 2 amide bonds. The zero-order chi connectivity index (χ0) is 18.9. The molecule has 2 fully saturated rings. The van der Waals surface area contributed by atoms with Crippen LogP contribution in [-0.2, 0) is 4.79 Å². The lowest BCUT2D eigenvalue weighted by molar-refractivity contribution is -0.134. The van der Waals surface area contributed by atoms with Crippen molar-refractivity contribution in [2.45, 2.75) is 65.7 Å². The quantitative estimate of drug-likeness (QED) is 0.828. The smallest absolute Gasteiger partial charge is 0.276 e. The SMILES string of the molecule is Cc1oc(C2CCN(C(=O)CC(C)(C)C)CC2)nc1C(=O)N1CCCC1. The lowest BCUT2D eigenvalue weighted by Crippen LogP contribution is -2.39. The maximum Gasteiger partial charge on any atom is 0.276 e. The van der Waals surface area contributed by atoms with Gasteiger partial charge in [-0.2, -0.15) is 0 Å². The molecular formula is C20H31N3O3. The molecule has 3 heterocycles. The Labute approximate surface area is 155 Å². The topological polar surface area (TPSA) is 66.7 Å². The highest BCUT2D eigenvalue weighted by molar-refractivity contribution is 5.93. The van der Waals surface area contributed by atoms with Crippen LogP contribution in [0.2, 0.25) is 0 Å². The minimum Gasteiger partial charge on any atom is -0.445 e. The molecule has 0 aromatic carbocycles. The van der Waals surface area contributed by atoms with Crippen molar-refractivity contribution in [3.8, 4) is 0 Å². The first kappa shape index (κ1) is 18.9. The van der Waals surface area contributed by atoms with Crippen molar-refractivity contribution in [2.24, 2.45) is 5.41 Å². The van der Waals surface area contributed by atoms with Crippen LogP contribution in [0, 0.1) is 12.3 Å². The molecule has 0 N–H and O–H groups in total. The molecule has 144 valence electrons. The molecule has 2 aliphatic rings. The highest BCUT2D eigenvalue weighted by Gasteiger charge is 2.31. The van der Waals surface area contributed by atoms with Gasteiger partial charge in [0.2, 0.25) is 5.91 Å². The van der Waals surface area contributed by atoms with Gasteiger partial charge < -0.3 is 14.2 Å². The summed E-state index contributed by atoms with van der Waals surface area (Å²) in [6, 6.07) is 0. The second-order valence-electron chi connectivity index (χ2n) is 8.85. The fraction of sp³-hybridized carbons (Fsp3) is 0.750. The highest BCUT2D eigenvalue weighted by atomic mass is 16.4. The maximum atomic E-state index is 12.6. The highest BCUT2D eigenvalue weighted by Crippen LogP contribution is 2.30. The van der Waals surface area contributed by atoms with E-state index in [9.17, 15) is 9.59 Å². The summed E-state index contributed by atoms with van der Waals surface area (Å²) in [5.74, 6) is 1.68. The number of likely N-dealkylation sites (tertiary alicyclic amines) is 2. The molecule has 1 aromatic heterocycles. The van der Waals surface area contributed by atoms with E-state index in [0.717, 1.165) is 51.9 Å². The average molecular weight is 361 g/mol. The Balaban J connectivity index is 1.60. The number of oxazole rings is 1. The van der Waals surface area contributed by atoms with Gasteiger partial charge in [0.05, 0.1) is 0 Å². The molecule has 0 unspecified atom stereocenters. The van der Waals surface area contributed by atoms with Crippen LogP contribution in [0.5, 0.6) is 0 Å². The van der Waals surface area contributed by atoms with Crippen LogP contribution in [-0.4, -0.2) is 52.8 Å². The van der Waals surface area contributed by atoms with E-state index in [4.69, 9.17) is 4.42 Å². The molecule has 0 spiro atoms. The number of piperidine rings is 1. The first-order valence-electron chi connectivity index (χ1n) is 9.79. The summed E-state index contributed by atoms with van der Waals surface area (Å²) in [6.45, 7) is 11.2. The molecule has 3 rings (SSSR count). The molecule has 0 aliphatic carbocycles. The Morgan fingerprint density at radius 2 is 1.69 bits per heavy atom. The Hall–Kier alpha value is -1.85. The van der Waals surface area contributed by atoms with Crippen molar-refractivity contribution in [3.05, 3.63) is 17.3 Å². The molecule has 0 atom stereocenters. The van der Waals surface area contributed by atoms with Gasteiger partial charge in [0, 0.05) is 38.5 Å². The monoisotopic (exact) mass is 361 g/mol. The van der Waals surface area contributed by atoms with Gasteiger partial charge in [-0.25, -0.2) is 4.98 Å². The summed E-state index contributed by atoms with van der Waals surface area (Å²) >= 11 is 0. The van der Waals surface area contributed by atoms with E-state index in [1.165, 1.54) is 0 Å². The average Bonchev–Trinajstić information content (AvgIpc) is 3.22. The Morgan fingerprint density at radius 3 is 2.27 bits per heavy atom. The minimum absolute atomic E-state index is 0.00668. The molecule has 0 bridgehead atoms. The standard InChI is InChI=1S/C20H31N3O3/c1-14-17(19(25)23-9-5-6-10-23)21-18(26-14)15-7-11-22(12-8-15)16(24)13-20(2,3)4/h15H,5-13H2,1-4H3. The number of hydrogen-bond acceptors (Lipinski definition) is 4. The molecule has 26 heavy (non-hydrogen) atoms. The Kier molecular flexibility index (Phi) is 5.39. The second kappa shape index (κ2) is 7.41. The van der Waals surface area contributed by atoms with Crippen LogP contribution in [0.25, 0.3) is 0 Å². The normalized spacial score (nSPS) is 19.2. The zero-order valence-corrected chi connectivity index (χ0v) is 16.5. The number of aromatic nitrogens is 1. The number of rotatable bonds is 3. The van der Waals surface area contributed by atoms with E-state index in [-0.39, 0.29) is 23.1 Å². The van der Waals surface area contributed by atoms with Crippen LogP contribution in [0.15, 0.2) is 4.42 Å². The van der Waals surface area contributed by atoms with Crippen molar-refractivity contribution in [2.75, 3.05) is 26.2 Å². The van der Waals surface area contributed by atoms with E-state index >= 15 is 0 Å². The first-order chi connectivity index (χ1) is 12.2. The van der Waals surface area contributed by atoms with Crippen molar-refractivity contribution < 1.29 is 14.0 Å². The number of carbonyl (C=O) groups excluding carboxylic acids is 2. The van der Waals surface area contributed by atoms with Gasteiger partial charge in [-0.05, 0) is 38.0 Å². The molecule has 6 heteroatoms. The summed E-state index contributed by atoms with van der Waals surface area (Å²) < 4.78 is 5.85. The Bertz CT molecular complexity index is 660. The lowest BCUT2D eigenvalue weighted by Gasteiger charge is -2.32. The van der Waals surface area contributed by atoms with Crippen molar-refractivity contribution in [1.82, 2.24) is 14.8 Å². The molecule has 2 aliphatic heterocycles. The molecule has 2 saturated heterocycles. The van der Waals surface area contributed by atoms with Crippen LogP contribution >= 0.6 is 0 Å². The number of amides is 2. The maximum absolute atomic E-state index is 12.6. The lowest BCUT2D eigenvalue weighted by atomic mass is 9.90. The molecule has 1 aromatic rings. The fourth-order valence-electron chi connectivity index (χ4n) is 3.80. The predicted molar refractivity (Wildman–Crippen MR) is 99.0 cm³/mol. The van der Waals surface area contributed by atoms with Crippen LogP contribution < -0.4 is 0 Å². The summed E-state index contributed by atoms with van der Waals surface area (Å²) in [6.07, 6.45) is 4.39. The zero-order valence-electron chi connectivity index (χ0n) is 16.5. The van der Waals surface area contributed by atoms with Gasteiger partial charge in [-0.3, -0.25) is 9.59 Å². The number of carbonyl (C=O) groups is 2. The largest absolute Gasteiger partial charge is 0.445 e. The fourth-order valence-corrected chi connectivity index (χ4v) is 3.80. The van der Waals surface area contributed by atoms with Crippen molar-refractivity contribution in [1.29, 1.82) is 0 Å². The third-order valence-electron chi connectivity index (χ3n) is 5.29. The van der Waals surface area contributed by atoms with E-state index in [1.807, 2.05) is 16.7 Å². The molecule has 0 saturated carbocycles. The first-order valence-corrected chi connectivity index (χ1v) is 9.79. The van der Waals surface area contributed by atoms with Crippen LogP contribution in [0.4, 0.5) is 0 Å². The van der Waals surface area contributed by atoms with E-state index < -0.39 is 0 Å². The summed E-state index contributed by atoms with van der Waals surface area (Å²) in [5.41, 5.74) is 0.478. The van der Waals surface area contributed by atoms with Gasteiger partial charge in [-0.1, -0.05) is 20.8 Å². The number of aryl methyl sites for hydroxylation is 1. The molecule has 6 nitrogen and oxygen atoms in total. The molecule has 0 radical (unpaired) electrons. The molecular weight excluding hydrogens is 330 g/mol. The van der Waals surface area contributed by atoms with E-state index in [0.29, 0.717) is 23.8 Å². The Morgan fingerprint density at radius 1 is 1.08 bits per heavy atom. The van der Waals surface area contributed by atoms with E-state index in [2.05, 4.69) is 25.8 Å². The summed E-state index contributed by atoms with van der Waals surface area (Å²) in [4.78, 5) is 33.3. The van der Waals surface area contributed by atoms with E-state index in [1.54, 1.807) is 0 Å². The van der Waals surface area contributed by atoms with Gasteiger partial charge in [0.25, 0.3) is 5.91 Å². The third-order valence-corrected chi connectivity index (χ3v) is 5.29. The van der Waals surface area contributed by atoms with Gasteiger partial charge in [0.15, 0.2) is 11.6 Å². The van der Waals surface area contributed by atoms with Crippen molar-refractivity contribution in [3.63, 3.8) is 0 Å². The minimum atomic E-state index is -0.00668. The summed E-state index contributed by atoms with van der Waals surface area (Å²) in [7, 11) is 0. The van der Waals surface area contributed by atoms with Crippen molar-refractivity contribution >= 4 is 11.8 Å². The van der Waals surface area contributed by atoms with Crippen LogP contribution in [0.3, 0.4) is 0 Å². The number of nitrogens with zero attached hydrogens (tertiary/aromatic N) is 3. The predicted octanol–water partition coefficient (Wildman–Crippen LogP) is 3.36. The van der Waals surface area contributed by atoms with Gasteiger partial charge >= 0.3 is 0 Å². The second-order valence-corrected chi connectivity index (χ2v) is 8.85. The third kappa shape index (κ3) is 4.27. The number of hydrogen-bond donors (Lipinski definition) is 0.